The van der Waals surface area contributed by atoms with Crippen LogP contribution < -0.4 is 5.32 Å². The SMILES string of the molecule is CCCCc1ccc(C(=O)COC(=O)[C@H](C)NC(=O)c2ccccc2Cl)cc1. The van der Waals surface area contributed by atoms with Crippen LogP contribution in [0.25, 0.3) is 0 Å². The molecule has 28 heavy (non-hydrogen) atoms. The van der Waals surface area contributed by atoms with Gasteiger partial charge in [-0.3, -0.25) is 9.59 Å². The van der Waals surface area contributed by atoms with Gasteiger partial charge in [0.1, 0.15) is 6.04 Å². The summed E-state index contributed by atoms with van der Waals surface area (Å²) < 4.78 is 5.05. The minimum absolute atomic E-state index is 0.267. The van der Waals surface area contributed by atoms with Gasteiger partial charge in [-0.15, -0.1) is 0 Å². The molecule has 0 aliphatic heterocycles. The largest absolute Gasteiger partial charge is 0.456 e. The first-order valence-electron chi connectivity index (χ1n) is 9.26. The number of carbonyl (C=O) groups is 3. The molecule has 0 bridgehead atoms. The van der Waals surface area contributed by atoms with Crippen molar-refractivity contribution < 1.29 is 19.1 Å². The smallest absolute Gasteiger partial charge is 0.328 e. The fraction of sp³-hybridized carbons (Fsp3) is 0.318. The number of amides is 1. The highest BCUT2D eigenvalue weighted by Gasteiger charge is 2.20. The number of carbonyl (C=O) groups excluding carboxylic acids is 3. The van der Waals surface area contributed by atoms with Crippen molar-refractivity contribution in [3.63, 3.8) is 0 Å². The van der Waals surface area contributed by atoms with Crippen molar-refractivity contribution in [1.82, 2.24) is 5.32 Å². The molecular formula is C22H24ClNO4. The first kappa shape index (κ1) is 21.6. The van der Waals surface area contributed by atoms with Gasteiger partial charge in [0.05, 0.1) is 10.6 Å². The first-order valence-corrected chi connectivity index (χ1v) is 9.64. The van der Waals surface area contributed by atoms with Crippen molar-refractivity contribution in [2.24, 2.45) is 0 Å². The third-order valence-electron chi connectivity index (χ3n) is 4.26. The van der Waals surface area contributed by atoms with Gasteiger partial charge in [0.15, 0.2) is 12.4 Å². The van der Waals surface area contributed by atoms with E-state index in [2.05, 4.69) is 12.2 Å². The lowest BCUT2D eigenvalue weighted by Gasteiger charge is -2.13. The summed E-state index contributed by atoms with van der Waals surface area (Å²) in [5, 5.41) is 2.81. The van der Waals surface area contributed by atoms with E-state index < -0.39 is 17.9 Å². The number of benzene rings is 2. The molecular weight excluding hydrogens is 378 g/mol. The van der Waals surface area contributed by atoms with E-state index in [9.17, 15) is 14.4 Å². The van der Waals surface area contributed by atoms with Gasteiger partial charge in [0.2, 0.25) is 0 Å². The lowest BCUT2D eigenvalue weighted by atomic mass is 10.0. The molecule has 0 fully saturated rings. The Morgan fingerprint density at radius 3 is 2.39 bits per heavy atom. The van der Waals surface area contributed by atoms with Crippen molar-refractivity contribution >= 4 is 29.3 Å². The van der Waals surface area contributed by atoms with E-state index in [0.29, 0.717) is 5.56 Å². The Labute approximate surface area is 170 Å². The zero-order valence-corrected chi connectivity index (χ0v) is 16.8. The molecule has 0 unspecified atom stereocenters. The average Bonchev–Trinajstić information content (AvgIpc) is 2.70. The second kappa shape index (κ2) is 10.6. The lowest BCUT2D eigenvalue weighted by Crippen LogP contribution is -2.40. The van der Waals surface area contributed by atoms with Gasteiger partial charge in [0, 0.05) is 5.56 Å². The van der Waals surface area contributed by atoms with E-state index in [4.69, 9.17) is 16.3 Å². The van der Waals surface area contributed by atoms with Crippen molar-refractivity contribution in [2.75, 3.05) is 6.61 Å². The number of hydrogen-bond donors (Lipinski definition) is 1. The molecule has 0 aliphatic rings. The third kappa shape index (κ3) is 6.20. The molecule has 2 aromatic rings. The molecule has 1 atom stereocenters. The van der Waals surface area contributed by atoms with Crippen molar-refractivity contribution in [1.29, 1.82) is 0 Å². The summed E-state index contributed by atoms with van der Waals surface area (Å²) in [6.07, 6.45) is 3.19. The van der Waals surface area contributed by atoms with Gasteiger partial charge in [-0.2, -0.15) is 0 Å². The van der Waals surface area contributed by atoms with E-state index in [1.54, 1.807) is 36.4 Å². The Bertz CT molecular complexity index is 833. The van der Waals surface area contributed by atoms with E-state index in [1.807, 2.05) is 12.1 Å². The number of hydrogen-bond acceptors (Lipinski definition) is 4. The number of unbranched alkanes of at least 4 members (excludes halogenated alkanes) is 1. The van der Waals surface area contributed by atoms with Crippen LogP contribution in [0.3, 0.4) is 0 Å². The summed E-state index contributed by atoms with van der Waals surface area (Å²) in [6.45, 7) is 3.24. The number of nitrogens with one attached hydrogen (secondary N) is 1. The summed E-state index contributed by atoms with van der Waals surface area (Å²) in [4.78, 5) is 36.5. The Hall–Kier alpha value is -2.66. The second-order valence-corrected chi connectivity index (χ2v) is 6.91. The molecule has 1 amide bonds. The number of ether oxygens (including phenoxy) is 1. The average molecular weight is 402 g/mol. The molecule has 148 valence electrons. The third-order valence-corrected chi connectivity index (χ3v) is 4.59. The van der Waals surface area contributed by atoms with E-state index in [1.165, 1.54) is 12.5 Å². The molecule has 1 N–H and O–H groups in total. The molecule has 0 spiro atoms. The van der Waals surface area contributed by atoms with Crippen LogP contribution in [0.1, 0.15) is 53.0 Å². The number of ketones is 1. The lowest BCUT2D eigenvalue weighted by molar-refractivity contribution is -0.144. The van der Waals surface area contributed by atoms with Crippen molar-refractivity contribution in [3.8, 4) is 0 Å². The fourth-order valence-electron chi connectivity index (χ4n) is 2.56. The van der Waals surface area contributed by atoms with Crippen LogP contribution in [0, 0.1) is 0 Å². The Balaban J connectivity index is 1.84. The summed E-state index contributed by atoms with van der Waals surface area (Å²) in [5.74, 6) is -1.46. The molecule has 0 aromatic heterocycles. The van der Waals surface area contributed by atoms with Gasteiger partial charge in [0.25, 0.3) is 5.91 Å². The molecule has 0 saturated heterocycles. The van der Waals surface area contributed by atoms with Crippen LogP contribution in [0.2, 0.25) is 5.02 Å². The van der Waals surface area contributed by atoms with Gasteiger partial charge in [-0.05, 0) is 37.5 Å². The zero-order valence-electron chi connectivity index (χ0n) is 16.0. The van der Waals surface area contributed by atoms with Crippen molar-refractivity contribution in [3.05, 3.63) is 70.2 Å². The maximum Gasteiger partial charge on any atom is 0.328 e. The van der Waals surface area contributed by atoms with Crippen LogP contribution in [0.15, 0.2) is 48.5 Å². The Morgan fingerprint density at radius 2 is 1.75 bits per heavy atom. The molecule has 0 radical (unpaired) electrons. The van der Waals surface area contributed by atoms with Crippen LogP contribution in [0.4, 0.5) is 0 Å². The maximum absolute atomic E-state index is 12.2. The van der Waals surface area contributed by atoms with Gasteiger partial charge in [-0.1, -0.05) is 61.3 Å². The predicted molar refractivity (Wildman–Crippen MR) is 109 cm³/mol. The van der Waals surface area contributed by atoms with Crippen molar-refractivity contribution in [2.45, 2.75) is 39.2 Å². The van der Waals surface area contributed by atoms with Crippen LogP contribution in [-0.4, -0.2) is 30.3 Å². The molecule has 2 rings (SSSR count). The predicted octanol–water partition coefficient (Wildman–Crippen LogP) is 4.23. The summed E-state index contributed by atoms with van der Waals surface area (Å²) >= 11 is 5.97. The minimum Gasteiger partial charge on any atom is -0.456 e. The Morgan fingerprint density at radius 1 is 1.07 bits per heavy atom. The number of esters is 1. The van der Waals surface area contributed by atoms with E-state index >= 15 is 0 Å². The van der Waals surface area contributed by atoms with E-state index in [0.717, 1.165) is 19.3 Å². The highest BCUT2D eigenvalue weighted by Crippen LogP contribution is 2.15. The maximum atomic E-state index is 12.2. The number of halogens is 1. The zero-order chi connectivity index (χ0) is 20.5. The highest BCUT2D eigenvalue weighted by atomic mass is 35.5. The molecule has 0 aliphatic carbocycles. The van der Waals surface area contributed by atoms with Crippen LogP contribution >= 0.6 is 11.6 Å². The van der Waals surface area contributed by atoms with E-state index in [-0.39, 0.29) is 23.0 Å². The van der Waals surface area contributed by atoms with Gasteiger partial charge < -0.3 is 10.1 Å². The highest BCUT2D eigenvalue weighted by molar-refractivity contribution is 6.33. The topological polar surface area (TPSA) is 72.5 Å². The van der Waals surface area contributed by atoms with Crippen LogP contribution in [-0.2, 0) is 16.0 Å². The number of rotatable bonds is 9. The summed E-state index contributed by atoms with van der Waals surface area (Å²) in [6, 6.07) is 12.9. The quantitative estimate of drug-likeness (QED) is 0.504. The minimum atomic E-state index is -0.909. The van der Waals surface area contributed by atoms with Gasteiger partial charge in [-0.25, -0.2) is 4.79 Å². The normalized spacial score (nSPS) is 11.5. The van der Waals surface area contributed by atoms with Gasteiger partial charge >= 0.3 is 5.97 Å². The molecule has 0 heterocycles. The number of aryl methyl sites for hydroxylation is 1. The summed E-state index contributed by atoms with van der Waals surface area (Å²) in [7, 11) is 0. The second-order valence-electron chi connectivity index (χ2n) is 6.51. The summed E-state index contributed by atoms with van der Waals surface area (Å²) in [5.41, 5.74) is 1.93. The number of Topliss-reactive ketones (excluding diaryl/α,β-unsaturated/α-hetero) is 1. The molecule has 6 heteroatoms. The molecule has 0 saturated carbocycles. The van der Waals surface area contributed by atoms with Crippen LogP contribution in [0.5, 0.6) is 0 Å². The standard InChI is InChI=1S/C22H24ClNO4/c1-3-4-7-16-10-12-17(13-11-16)20(25)14-28-22(27)15(2)24-21(26)18-8-5-6-9-19(18)23/h5-6,8-13,15H,3-4,7,14H2,1-2H3,(H,24,26)/t15-/m0/s1. The first-order chi connectivity index (χ1) is 13.4. The Kier molecular flexibility index (Phi) is 8.20. The molecule has 2 aromatic carbocycles. The monoisotopic (exact) mass is 401 g/mol. The fourth-order valence-corrected chi connectivity index (χ4v) is 2.78. The molecule has 5 nitrogen and oxygen atoms in total.